The van der Waals surface area contributed by atoms with Gasteiger partial charge in [-0.2, -0.15) is 17.6 Å². The topological polar surface area (TPSA) is 145 Å². The van der Waals surface area contributed by atoms with E-state index in [1.165, 1.54) is 0 Å². The summed E-state index contributed by atoms with van der Waals surface area (Å²) in [6.45, 7) is -3.48. The second-order valence-electron chi connectivity index (χ2n) is 10.0. The van der Waals surface area contributed by atoms with Gasteiger partial charge in [0, 0.05) is 13.1 Å². The minimum Gasteiger partial charge on any atom is -0.459 e. The molecule has 0 bridgehead atoms. The van der Waals surface area contributed by atoms with Crippen molar-refractivity contribution in [2.24, 2.45) is 5.92 Å². The normalized spacial score (nSPS) is 16.0. The summed E-state index contributed by atoms with van der Waals surface area (Å²) in [6.07, 6.45) is 0.00318. The van der Waals surface area contributed by atoms with Crippen LogP contribution in [0.2, 0.25) is 0 Å². The Bertz CT molecular complexity index is 1020. The van der Waals surface area contributed by atoms with Crippen LogP contribution in [0.1, 0.15) is 25.8 Å². The molecule has 0 radical (unpaired) electrons. The summed E-state index contributed by atoms with van der Waals surface area (Å²) in [7, 11) is 0. The number of nitrogens with one attached hydrogen (secondary N) is 3. The van der Waals surface area contributed by atoms with Gasteiger partial charge in [0.25, 0.3) is 0 Å². The number of ether oxygens (including phenoxy) is 4. The summed E-state index contributed by atoms with van der Waals surface area (Å²) >= 11 is 0. The number of esters is 1. The van der Waals surface area contributed by atoms with Crippen molar-refractivity contribution in [3.05, 3.63) is 35.9 Å². The summed E-state index contributed by atoms with van der Waals surface area (Å²) < 4.78 is 70.0. The van der Waals surface area contributed by atoms with Crippen molar-refractivity contribution >= 4 is 23.7 Å². The van der Waals surface area contributed by atoms with Crippen LogP contribution in [0.15, 0.2) is 30.3 Å². The van der Waals surface area contributed by atoms with Gasteiger partial charge in [0.15, 0.2) is 6.04 Å². The molecule has 1 heterocycles. The molecule has 1 aromatic carbocycles. The molecule has 16 heteroatoms. The number of amides is 3. The average Bonchev–Trinajstić information content (AvgIpc) is 2.96. The van der Waals surface area contributed by atoms with Gasteiger partial charge in [-0.15, -0.1) is 0 Å². The van der Waals surface area contributed by atoms with Gasteiger partial charge in [-0.3, -0.25) is 19.3 Å². The van der Waals surface area contributed by atoms with Crippen LogP contribution >= 0.6 is 0 Å². The highest BCUT2D eigenvalue weighted by atomic mass is 19.3. The standard InChI is InChI=1S/C27H38F4N4O8/c1-17(2)12-19(23(37)34-21(16-43-27(30)31)25(39)41-14-18-6-4-3-5-7-18)33-24(38)20(15-42-26(28)29)32-22(36)13-35-8-10-40-11-9-35/h3-7,17,19-21,26-27H,8-16H2,1-2H3,(H,32,36)(H,33,38)(H,34,37). The minimum atomic E-state index is -3.25. The molecule has 0 aliphatic carbocycles. The molecule has 1 aliphatic heterocycles. The Balaban J connectivity index is 2.11. The first kappa shape index (κ1) is 35.9. The highest BCUT2D eigenvalue weighted by molar-refractivity contribution is 5.93. The fraction of sp³-hybridized carbons (Fsp3) is 0.630. The molecule has 0 aromatic heterocycles. The number of hydrogen-bond acceptors (Lipinski definition) is 9. The lowest BCUT2D eigenvalue weighted by molar-refractivity contribution is -0.161. The van der Waals surface area contributed by atoms with Crippen molar-refractivity contribution in [3.63, 3.8) is 0 Å². The maximum atomic E-state index is 13.2. The Hall–Kier alpha value is -3.34. The van der Waals surface area contributed by atoms with Crippen molar-refractivity contribution in [3.8, 4) is 0 Å². The van der Waals surface area contributed by atoms with Gasteiger partial charge in [0.2, 0.25) is 17.7 Å². The van der Waals surface area contributed by atoms with E-state index in [9.17, 15) is 36.7 Å². The molecule has 1 aliphatic rings. The van der Waals surface area contributed by atoms with Gasteiger partial charge in [-0.1, -0.05) is 44.2 Å². The van der Waals surface area contributed by atoms with Crippen molar-refractivity contribution in [1.82, 2.24) is 20.9 Å². The number of hydrogen-bond donors (Lipinski definition) is 3. The van der Waals surface area contributed by atoms with E-state index >= 15 is 0 Å². The summed E-state index contributed by atoms with van der Waals surface area (Å²) in [5, 5.41) is 6.98. The Morgan fingerprint density at radius 2 is 1.40 bits per heavy atom. The zero-order valence-electron chi connectivity index (χ0n) is 23.9. The molecule has 3 unspecified atom stereocenters. The Morgan fingerprint density at radius 1 is 0.837 bits per heavy atom. The highest BCUT2D eigenvalue weighted by Gasteiger charge is 2.32. The van der Waals surface area contributed by atoms with Crippen LogP contribution in [0.25, 0.3) is 0 Å². The molecule has 2 rings (SSSR count). The summed E-state index contributed by atoms with van der Waals surface area (Å²) in [5.41, 5.74) is 0.605. The third-order valence-electron chi connectivity index (χ3n) is 6.07. The molecule has 3 N–H and O–H groups in total. The quantitative estimate of drug-likeness (QED) is 0.162. The molecule has 1 saturated heterocycles. The molecule has 0 spiro atoms. The van der Waals surface area contributed by atoms with E-state index in [-0.39, 0.29) is 25.5 Å². The van der Waals surface area contributed by atoms with E-state index in [1.54, 1.807) is 49.1 Å². The zero-order valence-corrected chi connectivity index (χ0v) is 23.9. The smallest absolute Gasteiger partial charge is 0.345 e. The fourth-order valence-electron chi connectivity index (χ4n) is 3.97. The van der Waals surface area contributed by atoms with Crippen LogP contribution in [0.5, 0.6) is 0 Å². The number of nitrogens with zero attached hydrogens (tertiary/aromatic N) is 1. The van der Waals surface area contributed by atoms with Crippen LogP contribution in [0.3, 0.4) is 0 Å². The second-order valence-corrected chi connectivity index (χ2v) is 10.0. The predicted octanol–water partition coefficient (Wildman–Crippen LogP) is 1.04. The molecule has 1 aromatic rings. The first-order valence-electron chi connectivity index (χ1n) is 13.6. The zero-order chi connectivity index (χ0) is 31.8. The van der Waals surface area contributed by atoms with Crippen LogP contribution in [0.4, 0.5) is 17.6 Å². The molecule has 242 valence electrons. The maximum Gasteiger partial charge on any atom is 0.345 e. The predicted molar refractivity (Wildman–Crippen MR) is 143 cm³/mol. The maximum absolute atomic E-state index is 13.2. The number of carbonyl (C=O) groups excluding carboxylic acids is 4. The average molecular weight is 623 g/mol. The molecule has 3 amide bonds. The highest BCUT2D eigenvalue weighted by Crippen LogP contribution is 2.09. The van der Waals surface area contributed by atoms with Gasteiger partial charge in [-0.25, -0.2) is 4.79 Å². The molecule has 0 saturated carbocycles. The van der Waals surface area contributed by atoms with E-state index < -0.39 is 68.3 Å². The first-order chi connectivity index (χ1) is 20.4. The van der Waals surface area contributed by atoms with Gasteiger partial charge in [0.1, 0.15) is 18.7 Å². The van der Waals surface area contributed by atoms with Gasteiger partial charge < -0.3 is 34.9 Å². The monoisotopic (exact) mass is 622 g/mol. The Labute approximate surface area is 246 Å². The minimum absolute atomic E-state index is 0.00318. The summed E-state index contributed by atoms with van der Waals surface area (Å²) in [6, 6.07) is 3.86. The SMILES string of the molecule is CC(C)CC(NC(=O)C(COC(F)F)NC(=O)CN1CCOCC1)C(=O)NC(COC(F)F)C(=O)OCc1ccccc1. The van der Waals surface area contributed by atoms with Crippen molar-refractivity contribution in [2.45, 2.75) is 58.2 Å². The number of halogens is 4. The van der Waals surface area contributed by atoms with E-state index in [1.807, 2.05) is 0 Å². The first-order valence-corrected chi connectivity index (χ1v) is 13.6. The third kappa shape index (κ3) is 14.6. The van der Waals surface area contributed by atoms with Crippen LogP contribution < -0.4 is 16.0 Å². The molecule has 12 nitrogen and oxygen atoms in total. The van der Waals surface area contributed by atoms with Crippen molar-refractivity contribution in [2.75, 3.05) is 46.1 Å². The molecule has 43 heavy (non-hydrogen) atoms. The lowest BCUT2D eigenvalue weighted by atomic mass is 10.0. The number of carbonyl (C=O) groups is 4. The molecular formula is C27H38F4N4O8. The van der Waals surface area contributed by atoms with Gasteiger partial charge in [0.05, 0.1) is 33.0 Å². The summed E-state index contributed by atoms with van der Waals surface area (Å²) in [5.74, 6) is -3.87. The number of benzene rings is 1. The van der Waals surface area contributed by atoms with Crippen LogP contribution in [0, 0.1) is 5.92 Å². The van der Waals surface area contributed by atoms with Crippen molar-refractivity contribution < 1.29 is 55.7 Å². The fourth-order valence-corrected chi connectivity index (χ4v) is 3.97. The number of alkyl halides is 4. The lowest BCUT2D eigenvalue weighted by Gasteiger charge is -2.28. The number of morpholine rings is 1. The second kappa shape index (κ2) is 19.0. The Morgan fingerprint density at radius 3 is 1.98 bits per heavy atom. The van der Waals surface area contributed by atoms with E-state index in [0.717, 1.165) is 0 Å². The molecule has 1 fully saturated rings. The van der Waals surface area contributed by atoms with E-state index in [4.69, 9.17) is 9.47 Å². The molecular weight excluding hydrogens is 584 g/mol. The largest absolute Gasteiger partial charge is 0.459 e. The Kier molecular flexibility index (Phi) is 15.9. The van der Waals surface area contributed by atoms with E-state index in [2.05, 4.69) is 25.4 Å². The van der Waals surface area contributed by atoms with Gasteiger partial charge in [-0.05, 0) is 17.9 Å². The van der Waals surface area contributed by atoms with Crippen LogP contribution in [-0.4, -0.2) is 106 Å². The third-order valence-corrected chi connectivity index (χ3v) is 6.07. The van der Waals surface area contributed by atoms with Gasteiger partial charge >= 0.3 is 19.2 Å². The van der Waals surface area contributed by atoms with Crippen molar-refractivity contribution in [1.29, 1.82) is 0 Å². The molecule has 3 atom stereocenters. The van der Waals surface area contributed by atoms with Crippen LogP contribution in [-0.2, 0) is 44.7 Å². The summed E-state index contributed by atoms with van der Waals surface area (Å²) in [4.78, 5) is 53.3. The lowest BCUT2D eigenvalue weighted by Crippen LogP contribution is -2.58. The van der Waals surface area contributed by atoms with E-state index in [0.29, 0.717) is 31.9 Å². The number of rotatable bonds is 18.